The molecule has 1 fully saturated rings. The third-order valence-electron chi connectivity index (χ3n) is 3.49. The summed E-state index contributed by atoms with van der Waals surface area (Å²) in [6.45, 7) is 3.27. The van der Waals surface area contributed by atoms with Crippen LogP contribution >= 0.6 is 11.6 Å². The summed E-state index contributed by atoms with van der Waals surface area (Å²) in [5.74, 6) is 0.768. The molecule has 0 spiro atoms. The van der Waals surface area contributed by atoms with Gasteiger partial charge in [0.15, 0.2) is 0 Å². The predicted octanol–water partition coefficient (Wildman–Crippen LogP) is 3.34. The van der Waals surface area contributed by atoms with Crippen molar-refractivity contribution in [2.45, 2.75) is 38.6 Å². The number of hydrogen-bond acceptors (Lipinski definition) is 2. The van der Waals surface area contributed by atoms with Crippen LogP contribution in [-0.2, 0) is 6.42 Å². The lowest BCUT2D eigenvalue weighted by Crippen LogP contribution is -2.35. The van der Waals surface area contributed by atoms with E-state index in [9.17, 15) is 0 Å². The van der Waals surface area contributed by atoms with Gasteiger partial charge in [0.25, 0.3) is 0 Å². The smallest absolute Gasteiger partial charge is 0.137 e. The fourth-order valence-corrected chi connectivity index (χ4v) is 2.70. The topological polar surface area (TPSA) is 21.3 Å². The number of halogens is 1. The Kier molecular flexibility index (Phi) is 4.30. The van der Waals surface area contributed by atoms with Crippen LogP contribution in [0, 0.1) is 6.92 Å². The third kappa shape index (κ3) is 3.14. The van der Waals surface area contributed by atoms with Crippen LogP contribution in [0.5, 0.6) is 5.75 Å². The molecule has 1 heterocycles. The minimum atomic E-state index is 0.604. The van der Waals surface area contributed by atoms with Crippen molar-refractivity contribution in [1.82, 2.24) is 5.32 Å². The molecule has 2 rings (SSSR count). The summed E-state index contributed by atoms with van der Waals surface area (Å²) in [4.78, 5) is 0. The Morgan fingerprint density at radius 3 is 2.88 bits per heavy atom. The molecular weight excluding hydrogens is 234 g/mol. The summed E-state index contributed by atoms with van der Waals surface area (Å²) in [5.41, 5.74) is 2.59. The Morgan fingerprint density at radius 2 is 2.24 bits per heavy atom. The minimum absolute atomic E-state index is 0.604. The van der Waals surface area contributed by atoms with Crippen molar-refractivity contribution in [2.24, 2.45) is 0 Å². The van der Waals surface area contributed by atoms with E-state index in [1.54, 1.807) is 7.11 Å². The Hall–Kier alpha value is -0.730. The second kappa shape index (κ2) is 5.74. The zero-order valence-electron chi connectivity index (χ0n) is 10.6. The fourth-order valence-electron chi connectivity index (χ4n) is 2.44. The molecular formula is C14H20ClNO. The maximum atomic E-state index is 6.17. The summed E-state index contributed by atoms with van der Waals surface area (Å²) in [7, 11) is 1.66. The molecule has 2 nitrogen and oxygen atoms in total. The summed E-state index contributed by atoms with van der Waals surface area (Å²) >= 11 is 6.17. The number of hydrogen-bond donors (Lipinski definition) is 1. The lowest BCUT2D eigenvalue weighted by Gasteiger charge is -2.24. The van der Waals surface area contributed by atoms with E-state index in [0.29, 0.717) is 11.1 Å². The van der Waals surface area contributed by atoms with E-state index in [0.717, 1.165) is 18.7 Å². The summed E-state index contributed by atoms with van der Waals surface area (Å²) in [6, 6.07) is 4.68. The van der Waals surface area contributed by atoms with Crippen molar-refractivity contribution >= 4 is 11.6 Å². The Balaban J connectivity index is 2.12. The van der Waals surface area contributed by atoms with Gasteiger partial charge in [-0.05, 0) is 56.0 Å². The summed E-state index contributed by atoms with van der Waals surface area (Å²) in [5, 5.41) is 4.28. The lowest BCUT2D eigenvalue weighted by molar-refractivity contribution is 0.397. The molecule has 1 N–H and O–H groups in total. The van der Waals surface area contributed by atoms with E-state index in [4.69, 9.17) is 16.3 Å². The zero-order chi connectivity index (χ0) is 12.3. The molecule has 0 radical (unpaired) electrons. The summed E-state index contributed by atoms with van der Waals surface area (Å²) in [6.07, 6.45) is 4.97. The molecule has 1 unspecified atom stereocenters. The van der Waals surface area contributed by atoms with Gasteiger partial charge in [0.1, 0.15) is 5.75 Å². The van der Waals surface area contributed by atoms with Crippen molar-refractivity contribution in [3.05, 3.63) is 28.3 Å². The van der Waals surface area contributed by atoms with Crippen LogP contribution in [0.15, 0.2) is 12.1 Å². The van der Waals surface area contributed by atoms with Crippen molar-refractivity contribution in [3.8, 4) is 5.75 Å². The van der Waals surface area contributed by atoms with Crippen molar-refractivity contribution in [3.63, 3.8) is 0 Å². The molecule has 0 amide bonds. The van der Waals surface area contributed by atoms with Gasteiger partial charge in [0, 0.05) is 6.04 Å². The first-order chi connectivity index (χ1) is 8.20. The van der Waals surface area contributed by atoms with Gasteiger partial charge >= 0.3 is 0 Å². The van der Waals surface area contributed by atoms with Crippen LogP contribution in [0.2, 0.25) is 5.02 Å². The molecule has 1 aromatic carbocycles. The van der Waals surface area contributed by atoms with Crippen LogP contribution in [0.3, 0.4) is 0 Å². The number of aryl methyl sites for hydroxylation is 1. The summed E-state index contributed by atoms with van der Waals surface area (Å²) < 4.78 is 5.22. The van der Waals surface area contributed by atoms with E-state index in [1.165, 1.54) is 30.4 Å². The first kappa shape index (κ1) is 12.7. The number of rotatable bonds is 3. The molecule has 1 aliphatic rings. The minimum Gasteiger partial charge on any atom is -0.495 e. The SMILES string of the molecule is COc1cc(C)c(CC2CCCCN2)cc1Cl. The quantitative estimate of drug-likeness (QED) is 0.892. The average molecular weight is 254 g/mol. The van der Waals surface area contributed by atoms with Gasteiger partial charge in [-0.3, -0.25) is 0 Å². The van der Waals surface area contributed by atoms with Gasteiger partial charge in [0.05, 0.1) is 12.1 Å². The molecule has 1 aromatic rings. The van der Waals surface area contributed by atoms with Gasteiger partial charge in [-0.15, -0.1) is 0 Å². The van der Waals surface area contributed by atoms with Crippen LogP contribution in [0.4, 0.5) is 0 Å². The van der Waals surface area contributed by atoms with E-state index in [1.807, 2.05) is 12.1 Å². The van der Waals surface area contributed by atoms with Crippen LogP contribution < -0.4 is 10.1 Å². The van der Waals surface area contributed by atoms with Gasteiger partial charge in [0.2, 0.25) is 0 Å². The number of piperidine rings is 1. The largest absolute Gasteiger partial charge is 0.495 e. The average Bonchev–Trinajstić information content (AvgIpc) is 2.34. The highest BCUT2D eigenvalue weighted by Gasteiger charge is 2.15. The van der Waals surface area contributed by atoms with Gasteiger partial charge < -0.3 is 10.1 Å². The van der Waals surface area contributed by atoms with Crippen LogP contribution in [-0.4, -0.2) is 19.7 Å². The highest BCUT2D eigenvalue weighted by atomic mass is 35.5. The Morgan fingerprint density at radius 1 is 1.41 bits per heavy atom. The van der Waals surface area contributed by atoms with Crippen molar-refractivity contribution in [2.75, 3.05) is 13.7 Å². The highest BCUT2D eigenvalue weighted by Crippen LogP contribution is 2.29. The first-order valence-corrected chi connectivity index (χ1v) is 6.65. The molecule has 1 atom stereocenters. The molecule has 1 saturated heterocycles. The molecule has 0 aliphatic carbocycles. The lowest BCUT2D eigenvalue weighted by atomic mass is 9.95. The maximum absolute atomic E-state index is 6.17. The Bertz CT molecular complexity index is 386. The van der Waals surface area contributed by atoms with E-state index in [-0.39, 0.29) is 0 Å². The van der Waals surface area contributed by atoms with Crippen molar-refractivity contribution < 1.29 is 4.74 Å². The number of ether oxygens (including phenoxy) is 1. The molecule has 0 aromatic heterocycles. The molecule has 0 saturated carbocycles. The van der Waals surface area contributed by atoms with Crippen molar-refractivity contribution in [1.29, 1.82) is 0 Å². The van der Waals surface area contributed by atoms with Crippen LogP contribution in [0.1, 0.15) is 30.4 Å². The molecule has 1 aliphatic heterocycles. The second-order valence-electron chi connectivity index (χ2n) is 4.76. The predicted molar refractivity (Wildman–Crippen MR) is 72.1 cm³/mol. The maximum Gasteiger partial charge on any atom is 0.137 e. The van der Waals surface area contributed by atoms with Crippen LogP contribution in [0.25, 0.3) is 0 Å². The van der Waals surface area contributed by atoms with E-state index >= 15 is 0 Å². The second-order valence-corrected chi connectivity index (χ2v) is 5.17. The first-order valence-electron chi connectivity index (χ1n) is 6.27. The third-order valence-corrected chi connectivity index (χ3v) is 3.78. The molecule has 3 heteroatoms. The molecule has 17 heavy (non-hydrogen) atoms. The normalized spacial score (nSPS) is 20.3. The number of nitrogens with one attached hydrogen (secondary N) is 1. The van der Waals surface area contributed by atoms with E-state index < -0.39 is 0 Å². The monoisotopic (exact) mass is 253 g/mol. The number of benzene rings is 1. The van der Waals surface area contributed by atoms with Gasteiger partial charge in [-0.1, -0.05) is 18.0 Å². The molecule has 0 bridgehead atoms. The number of methoxy groups -OCH3 is 1. The highest BCUT2D eigenvalue weighted by molar-refractivity contribution is 6.32. The van der Waals surface area contributed by atoms with Gasteiger partial charge in [-0.2, -0.15) is 0 Å². The van der Waals surface area contributed by atoms with Gasteiger partial charge in [-0.25, -0.2) is 0 Å². The molecule has 94 valence electrons. The Labute approximate surface area is 108 Å². The standard InChI is InChI=1S/C14H20ClNO/c1-10-7-14(17-2)13(15)9-11(10)8-12-5-3-4-6-16-12/h7,9,12,16H,3-6,8H2,1-2H3. The van der Waals surface area contributed by atoms with E-state index in [2.05, 4.69) is 12.2 Å². The zero-order valence-corrected chi connectivity index (χ0v) is 11.3. The fraction of sp³-hybridized carbons (Fsp3) is 0.571.